The van der Waals surface area contributed by atoms with Gasteiger partial charge in [0.15, 0.2) is 11.5 Å². The van der Waals surface area contributed by atoms with Crippen LogP contribution in [0, 0.1) is 5.92 Å². The zero-order valence-corrected chi connectivity index (χ0v) is 17.1. The van der Waals surface area contributed by atoms with Gasteiger partial charge in [0.2, 0.25) is 0 Å². The maximum absolute atomic E-state index is 6.26. The third-order valence-corrected chi connectivity index (χ3v) is 5.65. The van der Waals surface area contributed by atoms with E-state index in [1.54, 1.807) is 4.68 Å². The second kappa shape index (κ2) is 7.17. The molecule has 0 amide bonds. The lowest BCUT2D eigenvalue weighted by molar-refractivity contribution is 0.106. The van der Waals surface area contributed by atoms with E-state index in [0.29, 0.717) is 34.3 Å². The van der Waals surface area contributed by atoms with Gasteiger partial charge < -0.3 is 10.6 Å². The predicted molar refractivity (Wildman–Crippen MR) is 113 cm³/mol. The van der Waals surface area contributed by atoms with E-state index in [1.807, 2.05) is 19.3 Å². The molecule has 2 aliphatic rings. The van der Waals surface area contributed by atoms with Gasteiger partial charge in [-0.05, 0) is 31.2 Å². The molecule has 0 aromatic carbocycles. The van der Waals surface area contributed by atoms with Gasteiger partial charge in [-0.25, -0.2) is 24.6 Å². The normalized spacial score (nSPS) is 18.8. The van der Waals surface area contributed by atoms with Gasteiger partial charge in [0.25, 0.3) is 0 Å². The van der Waals surface area contributed by atoms with Crippen LogP contribution in [0.2, 0.25) is 0 Å². The number of anilines is 1. The Morgan fingerprint density at radius 2 is 2.00 bits per heavy atom. The minimum atomic E-state index is -0.380. The number of rotatable bonds is 6. The third kappa shape index (κ3) is 2.93. The van der Waals surface area contributed by atoms with Crippen LogP contribution in [0.3, 0.4) is 0 Å². The lowest BCUT2D eigenvalue weighted by Gasteiger charge is -2.11. The molecule has 1 unspecified atom stereocenters. The molecule has 3 aromatic heterocycles. The van der Waals surface area contributed by atoms with Crippen molar-refractivity contribution >= 4 is 28.1 Å². The molecule has 154 valence electrons. The smallest absolute Gasteiger partial charge is 0.168 e. The maximum Gasteiger partial charge on any atom is 0.168 e. The zero-order chi connectivity index (χ0) is 20.8. The molecule has 5 rings (SSSR count). The first-order chi connectivity index (χ1) is 14.6. The summed E-state index contributed by atoms with van der Waals surface area (Å²) in [6, 6.07) is -0.380. The van der Waals surface area contributed by atoms with E-state index >= 15 is 0 Å². The van der Waals surface area contributed by atoms with Gasteiger partial charge in [-0.2, -0.15) is 5.10 Å². The molecule has 0 saturated heterocycles. The average Bonchev–Trinajstić information content (AvgIpc) is 3.40. The number of aromatic nitrogens is 6. The summed E-state index contributed by atoms with van der Waals surface area (Å²) in [5.41, 5.74) is 13.5. The summed E-state index contributed by atoms with van der Waals surface area (Å²) in [6.45, 7) is 8.23. The number of nitrogens with zero attached hydrogens (tertiary/aromatic N) is 6. The molecule has 0 radical (unpaired) electrons. The Labute approximate surface area is 174 Å². The zero-order valence-electron chi connectivity index (χ0n) is 17.1. The van der Waals surface area contributed by atoms with E-state index in [0.717, 1.165) is 48.3 Å². The van der Waals surface area contributed by atoms with Gasteiger partial charge in [0.05, 0.1) is 11.0 Å². The van der Waals surface area contributed by atoms with Crippen LogP contribution in [0.15, 0.2) is 31.1 Å². The Balaban J connectivity index is 1.69. The van der Waals surface area contributed by atoms with Crippen molar-refractivity contribution in [2.24, 2.45) is 5.92 Å². The summed E-state index contributed by atoms with van der Waals surface area (Å²) in [5.74, 6) is 2.26. The highest BCUT2D eigenvalue weighted by Crippen LogP contribution is 2.47. The minimum Gasteiger partial charge on any atom is -0.411 e. The highest BCUT2D eigenvalue weighted by Gasteiger charge is 2.42. The number of aryl methyl sites for hydroxylation is 1. The van der Waals surface area contributed by atoms with Crippen molar-refractivity contribution in [1.82, 2.24) is 35.2 Å². The highest BCUT2D eigenvalue weighted by atomic mass is 16.7. The molecule has 1 saturated carbocycles. The molecule has 1 fully saturated rings. The Morgan fingerprint density at radius 3 is 2.67 bits per heavy atom. The standard InChI is InChI=1S/C21H24N8O/c1-4-11(3)29-21-15(19(22)25-10-26-21)16(27-29)17-14(18(30-28-17)13-6-7-13)20-23-8-12(5-2)9-24-20/h8-10,13,17,28H,3-7H2,1-2H3,(H2,22,25,26). The van der Waals surface area contributed by atoms with Crippen LogP contribution in [0.1, 0.15) is 56.2 Å². The Kier molecular flexibility index (Phi) is 4.47. The molecule has 1 aliphatic carbocycles. The molecule has 1 aliphatic heterocycles. The van der Waals surface area contributed by atoms with E-state index < -0.39 is 0 Å². The first-order valence-electron chi connectivity index (χ1n) is 10.3. The number of fused-ring (bicyclic) bond motifs is 1. The van der Waals surface area contributed by atoms with Crippen molar-refractivity contribution in [1.29, 1.82) is 0 Å². The van der Waals surface area contributed by atoms with Crippen molar-refractivity contribution in [2.45, 2.75) is 45.6 Å². The van der Waals surface area contributed by atoms with Gasteiger partial charge >= 0.3 is 0 Å². The van der Waals surface area contributed by atoms with E-state index in [2.05, 4.69) is 38.9 Å². The SMILES string of the molecule is C=C(CC)n1nc(C2NOC(C3CC3)=C2c2ncc(CC)cn2)c2c(N)ncnc21. The summed E-state index contributed by atoms with van der Waals surface area (Å²) in [5, 5.41) is 5.52. The molecule has 0 spiro atoms. The Hall–Kier alpha value is -3.33. The van der Waals surface area contributed by atoms with Crippen molar-refractivity contribution in [3.8, 4) is 0 Å². The minimum absolute atomic E-state index is 0.369. The number of nitrogens with one attached hydrogen (secondary N) is 1. The first kappa shape index (κ1) is 18.7. The summed E-state index contributed by atoms with van der Waals surface area (Å²) in [7, 11) is 0. The second-order valence-corrected chi connectivity index (χ2v) is 7.65. The van der Waals surface area contributed by atoms with E-state index in [4.69, 9.17) is 15.7 Å². The van der Waals surface area contributed by atoms with Crippen molar-refractivity contribution in [3.05, 3.63) is 48.1 Å². The summed E-state index contributed by atoms with van der Waals surface area (Å²) < 4.78 is 1.73. The molecule has 4 heterocycles. The van der Waals surface area contributed by atoms with Crippen LogP contribution in [0.25, 0.3) is 22.3 Å². The number of hydrogen-bond donors (Lipinski definition) is 2. The molecule has 3 aromatic rings. The lowest BCUT2D eigenvalue weighted by atomic mass is 9.99. The van der Waals surface area contributed by atoms with Gasteiger partial charge in [0, 0.05) is 24.0 Å². The largest absolute Gasteiger partial charge is 0.411 e. The van der Waals surface area contributed by atoms with E-state index in [1.165, 1.54) is 6.33 Å². The van der Waals surface area contributed by atoms with Crippen molar-refractivity contribution < 1.29 is 4.84 Å². The fourth-order valence-electron chi connectivity index (χ4n) is 3.71. The van der Waals surface area contributed by atoms with Crippen LogP contribution >= 0.6 is 0 Å². The number of nitrogens with two attached hydrogens (primary N) is 1. The predicted octanol–water partition coefficient (Wildman–Crippen LogP) is 3.04. The van der Waals surface area contributed by atoms with E-state index in [9.17, 15) is 0 Å². The second-order valence-electron chi connectivity index (χ2n) is 7.65. The lowest BCUT2D eigenvalue weighted by Crippen LogP contribution is -2.17. The number of hydrogen-bond acceptors (Lipinski definition) is 8. The molecule has 30 heavy (non-hydrogen) atoms. The maximum atomic E-state index is 6.26. The summed E-state index contributed by atoms with van der Waals surface area (Å²) >= 11 is 0. The monoisotopic (exact) mass is 404 g/mol. The van der Waals surface area contributed by atoms with Crippen molar-refractivity contribution in [2.75, 3.05) is 5.73 Å². The molecule has 9 heteroatoms. The topological polar surface area (TPSA) is 117 Å². The van der Waals surface area contributed by atoms with Crippen LogP contribution in [-0.4, -0.2) is 29.7 Å². The molecule has 9 nitrogen and oxygen atoms in total. The fourth-order valence-corrected chi connectivity index (χ4v) is 3.71. The quantitative estimate of drug-likeness (QED) is 0.644. The number of nitrogen functional groups attached to an aromatic ring is 1. The van der Waals surface area contributed by atoms with Gasteiger partial charge in [0.1, 0.15) is 29.6 Å². The average molecular weight is 404 g/mol. The summed E-state index contributed by atoms with van der Waals surface area (Å²) in [4.78, 5) is 23.8. The van der Waals surface area contributed by atoms with Gasteiger partial charge in [-0.3, -0.25) is 0 Å². The summed E-state index contributed by atoms with van der Waals surface area (Å²) in [6.07, 6.45) is 8.97. The van der Waals surface area contributed by atoms with Crippen LogP contribution in [0.5, 0.6) is 0 Å². The van der Waals surface area contributed by atoms with E-state index in [-0.39, 0.29) is 6.04 Å². The molecular formula is C21H24N8O. The molecule has 1 atom stereocenters. The van der Waals surface area contributed by atoms with Crippen LogP contribution in [-0.2, 0) is 11.3 Å². The number of hydroxylamine groups is 1. The fraction of sp³-hybridized carbons (Fsp3) is 0.381. The highest BCUT2D eigenvalue weighted by molar-refractivity contribution is 5.92. The van der Waals surface area contributed by atoms with Crippen LogP contribution < -0.4 is 11.2 Å². The Morgan fingerprint density at radius 1 is 1.23 bits per heavy atom. The van der Waals surface area contributed by atoms with Gasteiger partial charge in [-0.1, -0.05) is 20.4 Å². The first-order valence-corrected chi connectivity index (χ1v) is 10.3. The number of allylic oxidation sites excluding steroid dienone is 2. The van der Waals surface area contributed by atoms with Gasteiger partial charge in [-0.15, -0.1) is 5.48 Å². The molecule has 0 bridgehead atoms. The molecule has 3 N–H and O–H groups in total. The Bertz CT molecular complexity index is 1160. The molecular weight excluding hydrogens is 380 g/mol. The third-order valence-electron chi connectivity index (χ3n) is 5.65. The van der Waals surface area contributed by atoms with Crippen molar-refractivity contribution in [3.63, 3.8) is 0 Å². The van der Waals surface area contributed by atoms with Crippen LogP contribution in [0.4, 0.5) is 5.82 Å².